The third-order valence-electron chi connectivity index (χ3n) is 5.83. The largest absolute Gasteiger partial charge is 0.294 e. The molecule has 132 valence electrons. The minimum Gasteiger partial charge on any atom is -0.294 e. The number of rotatable bonds is 4. The number of piperidine rings is 1. The summed E-state index contributed by atoms with van der Waals surface area (Å²) in [7, 11) is 0. The molecule has 0 radical (unpaired) electrons. The Morgan fingerprint density at radius 1 is 1.12 bits per heavy atom. The molecule has 2 aromatic carbocycles. The van der Waals surface area contributed by atoms with Gasteiger partial charge in [-0.3, -0.25) is 9.69 Å². The molecule has 2 heterocycles. The molecule has 4 rings (SSSR count). The summed E-state index contributed by atoms with van der Waals surface area (Å²) in [6, 6.07) is 17.1. The number of fused-ring (bicyclic) bond motifs is 2. The Hall–Kier alpha value is -2.51. The van der Waals surface area contributed by atoms with E-state index in [2.05, 4.69) is 29.2 Å². The van der Waals surface area contributed by atoms with Crippen molar-refractivity contribution >= 4 is 5.78 Å². The molecule has 4 heteroatoms. The number of carbonyl (C=O) groups is 1. The molecular weight excluding hydrogens is 327 g/mol. The van der Waals surface area contributed by atoms with Crippen LogP contribution in [0, 0.1) is 23.1 Å². The smallest absolute Gasteiger partial charge is 0.167 e. The van der Waals surface area contributed by atoms with Crippen LogP contribution in [0.4, 0.5) is 4.39 Å². The second-order valence-corrected chi connectivity index (χ2v) is 7.38. The Morgan fingerprint density at radius 2 is 1.81 bits per heavy atom. The fraction of sp³-hybridized carbons (Fsp3) is 0.364. The molecule has 2 aromatic rings. The quantitative estimate of drug-likeness (QED) is 0.773. The molecule has 2 unspecified atom stereocenters. The van der Waals surface area contributed by atoms with Crippen LogP contribution in [0.2, 0.25) is 0 Å². The number of benzene rings is 2. The number of nitriles is 1. The van der Waals surface area contributed by atoms with Crippen molar-refractivity contribution in [3.8, 4) is 6.07 Å². The van der Waals surface area contributed by atoms with Crippen LogP contribution in [0.15, 0.2) is 48.5 Å². The van der Waals surface area contributed by atoms with Crippen molar-refractivity contribution in [2.45, 2.75) is 44.3 Å². The van der Waals surface area contributed by atoms with Crippen molar-refractivity contribution in [2.24, 2.45) is 5.92 Å². The van der Waals surface area contributed by atoms with Crippen molar-refractivity contribution in [3.05, 3.63) is 71.0 Å². The van der Waals surface area contributed by atoms with Crippen LogP contribution in [0.25, 0.3) is 0 Å². The van der Waals surface area contributed by atoms with Gasteiger partial charge in [0.1, 0.15) is 5.82 Å². The van der Waals surface area contributed by atoms with Gasteiger partial charge in [0.15, 0.2) is 5.78 Å². The normalized spacial score (nSPS) is 25.0. The highest BCUT2D eigenvalue weighted by Crippen LogP contribution is 2.41. The minimum atomic E-state index is -0.476. The molecule has 2 aliphatic heterocycles. The SMILES string of the molecule is N#Cc1cc(F)ccc1C(=O)C1CC2CCC(C1)N2Cc1ccccc1. The predicted molar refractivity (Wildman–Crippen MR) is 97.0 cm³/mol. The average molecular weight is 348 g/mol. The van der Waals surface area contributed by atoms with Crippen LogP contribution in [-0.4, -0.2) is 22.8 Å². The molecule has 2 atom stereocenters. The molecule has 0 spiro atoms. The van der Waals surface area contributed by atoms with Crippen LogP contribution in [-0.2, 0) is 6.54 Å². The van der Waals surface area contributed by atoms with Gasteiger partial charge in [-0.2, -0.15) is 5.26 Å². The predicted octanol–water partition coefficient (Wildman–Crippen LogP) is 4.32. The lowest BCUT2D eigenvalue weighted by molar-refractivity contribution is 0.0678. The molecule has 0 aliphatic carbocycles. The van der Waals surface area contributed by atoms with E-state index >= 15 is 0 Å². The van der Waals surface area contributed by atoms with Crippen molar-refractivity contribution in [2.75, 3.05) is 0 Å². The van der Waals surface area contributed by atoms with Gasteiger partial charge in [0.2, 0.25) is 0 Å². The maximum Gasteiger partial charge on any atom is 0.167 e. The first-order chi connectivity index (χ1) is 12.7. The number of hydrogen-bond donors (Lipinski definition) is 0. The van der Waals surface area contributed by atoms with E-state index in [0.29, 0.717) is 17.6 Å². The van der Waals surface area contributed by atoms with Crippen LogP contribution < -0.4 is 0 Å². The van der Waals surface area contributed by atoms with Crippen LogP contribution >= 0.6 is 0 Å². The zero-order chi connectivity index (χ0) is 18.1. The molecule has 2 aliphatic rings. The molecule has 2 bridgehead atoms. The summed E-state index contributed by atoms with van der Waals surface area (Å²) >= 11 is 0. The highest BCUT2D eigenvalue weighted by molar-refractivity contribution is 6.00. The Labute approximate surface area is 153 Å². The first kappa shape index (κ1) is 16.9. The van der Waals surface area contributed by atoms with E-state index in [1.54, 1.807) is 0 Å². The van der Waals surface area contributed by atoms with Gasteiger partial charge in [-0.25, -0.2) is 4.39 Å². The zero-order valence-corrected chi connectivity index (χ0v) is 14.6. The second-order valence-electron chi connectivity index (χ2n) is 7.38. The fourth-order valence-corrected chi connectivity index (χ4v) is 4.58. The van der Waals surface area contributed by atoms with E-state index in [4.69, 9.17) is 0 Å². The van der Waals surface area contributed by atoms with Gasteiger partial charge in [0.25, 0.3) is 0 Å². The third-order valence-corrected chi connectivity index (χ3v) is 5.83. The van der Waals surface area contributed by atoms with E-state index in [1.165, 1.54) is 17.7 Å². The van der Waals surface area contributed by atoms with Gasteiger partial charge >= 0.3 is 0 Å². The lowest BCUT2D eigenvalue weighted by Crippen LogP contribution is -2.44. The second kappa shape index (κ2) is 7.01. The van der Waals surface area contributed by atoms with Gasteiger partial charge < -0.3 is 0 Å². The highest BCUT2D eigenvalue weighted by atomic mass is 19.1. The summed E-state index contributed by atoms with van der Waals surface area (Å²) in [6.07, 6.45) is 3.89. The number of halogens is 1. The van der Waals surface area contributed by atoms with Crippen molar-refractivity contribution in [1.82, 2.24) is 4.90 Å². The lowest BCUT2D eigenvalue weighted by Gasteiger charge is -2.38. The van der Waals surface area contributed by atoms with Crippen LogP contribution in [0.3, 0.4) is 0 Å². The maximum atomic E-state index is 13.4. The summed E-state index contributed by atoms with van der Waals surface area (Å²) in [5.74, 6) is -0.550. The third kappa shape index (κ3) is 3.15. The molecule has 0 aromatic heterocycles. The summed E-state index contributed by atoms with van der Waals surface area (Å²) in [4.78, 5) is 15.5. The molecule has 0 amide bonds. The van der Waals surface area contributed by atoms with Crippen molar-refractivity contribution < 1.29 is 9.18 Å². The Balaban J connectivity index is 1.50. The summed E-state index contributed by atoms with van der Waals surface area (Å²) < 4.78 is 13.4. The molecule has 0 N–H and O–H groups in total. The van der Waals surface area contributed by atoms with Crippen molar-refractivity contribution in [1.29, 1.82) is 5.26 Å². The molecule has 0 saturated carbocycles. The number of Topliss-reactive ketones (excluding diaryl/α,β-unsaturated/α-hetero) is 1. The number of nitrogens with zero attached hydrogens (tertiary/aromatic N) is 2. The van der Waals surface area contributed by atoms with E-state index < -0.39 is 5.82 Å². The van der Waals surface area contributed by atoms with Gasteiger partial charge in [-0.15, -0.1) is 0 Å². The molecule has 2 saturated heterocycles. The van der Waals surface area contributed by atoms with Gasteiger partial charge in [0.05, 0.1) is 11.6 Å². The van der Waals surface area contributed by atoms with Gasteiger partial charge in [-0.1, -0.05) is 30.3 Å². The van der Waals surface area contributed by atoms with E-state index in [0.717, 1.165) is 38.3 Å². The van der Waals surface area contributed by atoms with E-state index in [-0.39, 0.29) is 17.3 Å². The van der Waals surface area contributed by atoms with Crippen LogP contribution in [0.5, 0.6) is 0 Å². The summed E-state index contributed by atoms with van der Waals surface area (Å²) in [5.41, 5.74) is 1.82. The minimum absolute atomic E-state index is 0.00203. The van der Waals surface area contributed by atoms with Crippen molar-refractivity contribution in [3.63, 3.8) is 0 Å². The highest BCUT2D eigenvalue weighted by Gasteiger charge is 2.43. The molecule has 2 fully saturated rings. The lowest BCUT2D eigenvalue weighted by atomic mass is 9.83. The number of carbonyl (C=O) groups excluding carboxylic acids is 1. The fourth-order valence-electron chi connectivity index (χ4n) is 4.58. The standard InChI is InChI=1S/C22H21FN2O/c23-18-6-9-21(17(10-18)13-24)22(26)16-11-19-7-8-20(12-16)25(19)14-15-4-2-1-3-5-15/h1-6,9-10,16,19-20H,7-8,11-12,14H2. The van der Waals surface area contributed by atoms with E-state index in [9.17, 15) is 14.4 Å². The van der Waals surface area contributed by atoms with Gasteiger partial charge in [-0.05, 0) is 49.4 Å². The molecule has 26 heavy (non-hydrogen) atoms. The number of ketones is 1. The first-order valence-corrected chi connectivity index (χ1v) is 9.19. The van der Waals surface area contributed by atoms with Crippen LogP contribution in [0.1, 0.15) is 47.2 Å². The zero-order valence-electron chi connectivity index (χ0n) is 14.6. The van der Waals surface area contributed by atoms with Gasteiger partial charge in [0, 0.05) is 30.1 Å². The summed E-state index contributed by atoms with van der Waals surface area (Å²) in [5, 5.41) is 9.24. The Kier molecular flexibility index (Phi) is 4.57. The van der Waals surface area contributed by atoms with E-state index in [1.807, 2.05) is 12.1 Å². The average Bonchev–Trinajstić information content (AvgIpc) is 2.89. The maximum absolute atomic E-state index is 13.4. The summed E-state index contributed by atoms with van der Waals surface area (Å²) in [6.45, 7) is 0.928. The molecular formula is C22H21FN2O. The monoisotopic (exact) mass is 348 g/mol. The topological polar surface area (TPSA) is 44.1 Å². The Bertz CT molecular complexity index is 844. The number of hydrogen-bond acceptors (Lipinski definition) is 3. The molecule has 3 nitrogen and oxygen atoms in total. The Morgan fingerprint density at radius 3 is 2.46 bits per heavy atom. The first-order valence-electron chi connectivity index (χ1n) is 9.19.